The van der Waals surface area contributed by atoms with Gasteiger partial charge < -0.3 is 5.32 Å². The number of anilines is 1. The maximum Gasteiger partial charge on any atom is 0.149 e. The molecule has 0 amide bonds. The molecule has 13 heavy (non-hydrogen) atoms. The van der Waals surface area contributed by atoms with E-state index in [9.17, 15) is 4.39 Å². The first-order valence-electron chi connectivity index (χ1n) is 3.89. The van der Waals surface area contributed by atoms with Gasteiger partial charge >= 0.3 is 0 Å². The molecule has 1 aromatic rings. The minimum absolute atomic E-state index is 0.0818. The number of benzene rings is 1. The standard InChI is InChI=1S/C9H8Cl2FN/c1-9(2)6-7(12)4(10)3-5(11)8(6)13-9/h3,13H,1-2H3. The third kappa shape index (κ3) is 1.12. The van der Waals surface area contributed by atoms with E-state index in [0.29, 0.717) is 16.3 Å². The summed E-state index contributed by atoms with van der Waals surface area (Å²) in [6.45, 7) is 3.76. The van der Waals surface area contributed by atoms with Crippen LogP contribution in [0.15, 0.2) is 6.07 Å². The molecule has 4 heteroatoms. The monoisotopic (exact) mass is 219 g/mol. The first kappa shape index (κ1) is 9.10. The molecule has 0 saturated heterocycles. The molecule has 0 saturated carbocycles. The van der Waals surface area contributed by atoms with E-state index in [0.717, 1.165) is 0 Å². The average molecular weight is 220 g/mol. The van der Waals surface area contributed by atoms with Crippen molar-refractivity contribution in [2.24, 2.45) is 0 Å². The minimum Gasteiger partial charge on any atom is -0.374 e. The van der Waals surface area contributed by atoms with Crippen LogP contribution in [0.4, 0.5) is 10.1 Å². The van der Waals surface area contributed by atoms with Crippen molar-refractivity contribution in [1.29, 1.82) is 0 Å². The van der Waals surface area contributed by atoms with E-state index >= 15 is 0 Å². The normalized spacial score (nSPS) is 17.3. The third-order valence-corrected chi connectivity index (χ3v) is 2.81. The van der Waals surface area contributed by atoms with Gasteiger partial charge in [0.1, 0.15) is 5.82 Å². The van der Waals surface area contributed by atoms with Gasteiger partial charge in [-0.1, -0.05) is 23.2 Å². The van der Waals surface area contributed by atoms with Crippen molar-refractivity contribution in [1.82, 2.24) is 0 Å². The number of halogens is 3. The first-order valence-corrected chi connectivity index (χ1v) is 4.65. The van der Waals surface area contributed by atoms with Crippen LogP contribution >= 0.6 is 23.2 Å². The van der Waals surface area contributed by atoms with Crippen LogP contribution in [0.3, 0.4) is 0 Å². The Kier molecular flexibility index (Phi) is 1.76. The molecule has 1 aliphatic rings. The molecule has 1 heterocycles. The fraction of sp³-hybridized carbons (Fsp3) is 0.333. The fourth-order valence-corrected chi connectivity index (χ4v) is 2.13. The molecule has 0 aliphatic carbocycles. The van der Waals surface area contributed by atoms with E-state index in [-0.39, 0.29) is 16.4 Å². The number of fused-ring (bicyclic) bond motifs is 1. The van der Waals surface area contributed by atoms with Crippen molar-refractivity contribution in [3.8, 4) is 0 Å². The van der Waals surface area contributed by atoms with Crippen LogP contribution < -0.4 is 5.32 Å². The highest BCUT2D eigenvalue weighted by atomic mass is 35.5. The summed E-state index contributed by atoms with van der Waals surface area (Å²) in [5, 5.41) is 3.62. The zero-order valence-corrected chi connectivity index (χ0v) is 8.72. The molecule has 0 spiro atoms. The number of hydrogen-bond donors (Lipinski definition) is 1. The maximum absolute atomic E-state index is 13.5. The largest absolute Gasteiger partial charge is 0.374 e. The average Bonchev–Trinajstić information content (AvgIpc) is 1.98. The van der Waals surface area contributed by atoms with Gasteiger partial charge in [-0.3, -0.25) is 0 Å². The lowest BCUT2D eigenvalue weighted by molar-refractivity contribution is 0.501. The Labute approximate surface area is 85.8 Å². The summed E-state index contributed by atoms with van der Waals surface area (Å²) in [5.41, 5.74) is 0.868. The molecule has 0 bridgehead atoms. The Morgan fingerprint density at radius 1 is 1.31 bits per heavy atom. The van der Waals surface area contributed by atoms with Gasteiger partial charge in [0, 0.05) is 5.56 Å². The second-order valence-electron chi connectivity index (χ2n) is 3.65. The van der Waals surface area contributed by atoms with E-state index in [1.165, 1.54) is 6.07 Å². The van der Waals surface area contributed by atoms with Crippen LogP contribution in [0.5, 0.6) is 0 Å². The van der Waals surface area contributed by atoms with Crippen molar-refractivity contribution >= 4 is 28.9 Å². The van der Waals surface area contributed by atoms with Crippen molar-refractivity contribution in [3.05, 3.63) is 27.5 Å². The zero-order chi connectivity index (χ0) is 9.80. The summed E-state index contributed by atoms with van der Waals surface area (Å²) in [6.07, 6.45) is 0. The summed E-state index contributed by atoms with van der Waals surface area (Å²) in [6, 6.07) is 1.42. The Hall–Kier alpha value is -0.470. The van der Waals surface area contributed by atoms with E-state index in [4.69, 9.17) is 23.2 Å². The second-order valence-corrected chi connectivity index (χ2v) is 4.47. The van der Waals surface area contributed by atoms with Crippen molar-refractivity contribution in [3.63, 3.8) is 0 Å². The molecule has 0 fully saturated rings. The summed E-state index contributed by atoms with van der Waals surface area (Å²) in [4.78, 5) is 0. The molecule has 70 valence electrons. The van der Waals surface area contributed by atoms with E-state index in [2.05, 4.69) is 5.32 Å². The lowest BCUT2D eigenvalue weighted by Crippen LogP contribution is -2.39. The fourth-order valence-electron chi connectivity index (χ4n) is 1.62. The SMILES string of the molecule is CC1(C)Nc2c(Cl)cc(Cl)c(F)c21. The van der Waals surface area contributed by atoms with Crippen LogP contribution in [-0.2, 0) is 5.54 Å². The molecule has 1 nitrogen and oxygen atoms in total. The van der Waals surface area contributed by atoms with Crippen LogP contribution in [0.2, 0.25) is 10.0 Å². The predicted molar refractivity (Wildman–Crippen MR) is 53.1 cm³/mol. The van der Waals surface area contributed by atoms with Gasteiger partial charge in [-0.25, -0.2) is 4.39 Å². The van der Waals surface area contributed by atoms with Gasteiger partial charge in [-0.15, -0.1) is 0 Å². The molecule has 0 radical (unpaired) electrons. The van der Waals surface area contributed by atoms with Crippen molar-refractivity contribution in [2.45, 2.75) is 19.4 Å². The van der Waals surface area contributed by atoms with Gasteiger partial charge in [0.15, 0.2) is 0 Å². The number of nitrogens with one attached hydrogen (secondary N) is 1. The Balaban J connectivity index is 2.71. The predicted octanol–water partition coefficient (Wildman–Crippen LogP) is 3.79. The molecule has 0 unspecified atom stereocenters. The molecule has 1 aliphatic heterocycles. The third-order valence-electron chi connectivity index (χ3n) is 2.23. The van der Waals surface area contributed by atoms with Crippen LogP contribution in [-0.4, -0.2) is 0 Å². The summed E-state index contributed by atoms with van der Waals surface area (Å²) >= 11 is 11.5. The molecule has 2 rings (SSSR count). The second kappa shape index (κ2) is 2.52. The first-order chi connectivity index (χ1) is 5.93. The van der Waals surface area contributed by atoms with Gasteiger partial charge in [0.05, 0.1) is 21.3 Å². The van der Waals surface area contributed by atoms with Crippen LogP contribution in [0, 0.1) is 5.82 Å². The molecule has 0 atom stereocenters. The smallest absolute Gasteiger partial charge is 0.149 e. The molecule has 0 aromatic heterocycles. The van der Waals surface area contributed by atoms with Crippen LogP contribution in [0.1, 0.15) is 19.4 Å². The number of hydrogen-bond acceptors (Lipinski definition) is 1. The zero-order valence-electron chi connectivity index (χ0n) is 7.21. The summed E-state index contributed by atoms with van der Waals surface area (Å²) in [7, 11) is 0. The highest BCUT2D eigenvalue weighted by Gasteiger charge is 2.39. The van der Waals surface area contributed by atoms with E-state index in [1.807, 2.05) is 13.8 Å². The van der Waals surface area contributed by atoms with Gasteiger partial charge in [0.25, 0.3) is 0 Å². The Morgan fingerprint density at radius 2 is 1.92 bits per heavy atom. The van der Waals surface area contributed by atoms with Gasteiger partial charge in [-0.2, -0.15) is 0 Å². The highest BCUT2D eigenvalue weighted by molar-refractivity contribution is 6.37. The molecule has 1 aromatic carbocycles. The van der Waals surface area contributed by atoms with Crippen molar-refractivity contribution in [2.75, 3.05) is 5.32 Å². The topological polar surface area (TPSA) is 12.0 Å². The lowest BCUT2D eigenvalue weighted by atomic mass is 9.84. The maximum atomic E-state index is 13.5. The van der Waals surface area contributed by atoms with Crippen LogP contribution in [0.25, 0.3) is 0 Å². The number of rotatable bonds is 0. The molecule has 1 N–H and O–H groups in total. The minimum atomic E-state index is -0.371. The van der Waals surface area contributed by atoms with E-state index in [1.54, 1.807) is 0 Å². The van der Waals surface area contributed by atoms with Crippen molar-refractivity contribution < 1.29 is 4.39 Å². The Morgan fingerprint density at radius 3 is 2.46 bits per heavy atom. The summed E-state index contributed by atoms with van der Waals surface area (Å²) in [5.74, 6) is -0.371. The molecular weight excluding hydrogens is 212 g/mol. The Bertz CT molecular complexity index is 367. The quantitative estimate of drug-likeness (QED) is 0.655. The highest BCUT2D eigenvalue weighted by Crippen LogP contribution is 2.48. The van der Waals surface area contributed by atoms with Gasteiger partial charge in [-0.05, 0) is 19.9 Å². The summed E-state index contributed by atoms with van der Waals surface area (Å²) < 4.78 is 13.5. The van der Waals surface area contributed by atoms with E-state index < -0.39 is 0 Å². The molecular formula is C9H8Cl2FN. The lowest BCUT2D eigenvalue weighted by Gasteiger charge is -2.41. The van der Waals surface area contributed by atoms with Gasteiger partial charge in [0.2, 0.25) is 0 Å².